The lowest BCUT2D eigenvalue weighted by molar-refractivity contribution is -0.147. The number of pyridine rings is 1. The van der Waals surface area contributed by atoms with Crippen LogP contribution in [-0.4, -0.2) is 69.8 Å². The molecule has 3 aliphatic rings. The summed E-state index contributed by atoms with van der Waals surface area (Å²) in [7, 11) is -3.48. The smallest absolute Gasteiger partial charge is 0.310 e. The number of carbonyl (C=O) groups is 1. The standard InChI is InChI=1S/C36H45N5O6S/c1-22-8-11-26(18-27(22)20-40-21-36(12-15-46-16-13-36)47-33-29(48(40,44)45)7-6-14-37-33)30(35(4,5)34(42)43)28-17-23(2)32-31(24(28)3)38-39-41(32)19-25-9-10-25/h6-8,11,14,17-18,25,30,44-45H,9-10,12-13,15-16,19-21H2,1-5H3,(H,42,43). The van der Waals surface area contributed by atoms with Gasteiger partial charge in [0, 0.05) is 38.0 Å². The molecule has 1 saturated heterocycles. The summed E-state index contributed by atoms with van der Waals surface area (Å²) in [5.41, 5.74) is 5.44. The number of fused-ring (bicyclic) bond motifs is 2. The average Bonchev–Trinajstić information content (AvgIpc) is 3.77. The van der Waals surface area contributed by atoms with Gasteiger partial charge in [-0.2, -0.15) is 4.31 Å². The predicted molar refractivity (Wildman–Crippen MR) is 183 cm³/mol. The number of hydrogen-bond acceptors (Lipinski definition) is 9. The van der Waals surface area contributed by atoms with Crippen LogP contribution in [0.1, 0.15) is 78.8 Å². The normalized spacial score (nSPS) is 20.6. The van der Waals surface area contributed by atoms with Crippen molar-refractivity contribution in [1.82, 2.24) is 24.3 Å². The Hall–Kier alpha value is -3.55. The zero-order chi connectivity index (χ0) is 34.0. The van der Waals surface area contributed by atoms with Gasteiger partial charge in [-0.05, 0) is 98.9 Å². The van der Waals surface area contributed by atoms with E-state index in [1.54, 1.807) is 36.5 Å². The number of hydrogen-bond donors (Lipinski definition) is 3. The third kappa shape index (κ3) is 5.77. The van der Waals surface area contributed by atoms with Crippen molar-refractivity contribution >= 4 is 27.8 Å². The molecule has 2 aliphatic heterocycles. The quantitative estimate of drug-likeness (QED) is 0.181. The molecule has 4 aromatic rings. The lowest BCUT2D eigenvalue weighted by Gasteiger charge is -2.44. The Labute approximate surface area is 282 Å². The Bertz CT molecular complexity index is 1880. The summed E-state index contributed by atoms with van der Waals surface area (Å²) in [6, 6.07) is 11.5. The summed E-state index contributed by atoms with van der Waals surface area (Å²) in [5, 5.41) is 19.7. The largest absolute Gasteiger partial charge is 0.481 e. The van der Waals surface area contributed by atoms with Crippen LogP contribution in [0.15, 0.2) is 47.5 Å². The zero-order valence-corrected chi connectivity index (χ0v) is 29.1. The van der Waals surface area contributed by atoms with Gasteiger partial charge in [0.25, 0.3) is 0 Å². The van der Waals surface area contributed by atoms with Crippen LogP contribution < -0.4 is 4.74 Å². The van der Waals surface area contributed by atoms with Gasteiger partial charge in [-0.15, -0.1) is 15.9 Å². The molecule has 7 rings (SSSR count). The van der Waals surface area contributed by atoms with Crippen molar-refractivity contribution in [2.75, 3.05) is 19.8 Å². The van der Waals surface area contributed by atoms with Crippen LogP contribution in [0.5, 0.6) is 5.88 Å². The Morgan fingerprint density at radius 2 is 1.85 bits per heavy atom. The highest BCUT2D eigenvalue weighted by Gasteiger charge is 2.46. The van der Waals surface area contributed by atoms with Gasteiger partial charge in [0.1, 0.15) is 16.0 Å². The molecule has 2 aromatic carbocycles. The van der Waals surface area contributed by atoms with Crippen molar-refractivity contribution < 1.29 is 28.5 Å². The van der Waals surface area contributed by atoms with Crippen LogP contribution in [0.2, 0.25) is 0 Å². The SMILES string of the molecule is Cc1ccc(C(c2cc(C)c3c(nnn3CC3CC3)c2C)C(C)(C)C(=O)O)cc1CN1CC2(CCOCC2)Oc2ncccc2S1(O)O. The van der Waals surface area contributed by atoms with E-state index in [9.17, 15) is 19.0 Å². The topological polar surface area (TPSA) is 143 Å². The number of carboxylic acid groups (broad SMARTS) is 1. The van der Waals surface area contributed by atoms with Gasteiger partial charge in [0.05, 0.1) is 30.7 Å². The molecule has 12 heteroatoms. The van der Waals surface area contributed by atoms with E-state index in [0.29, 0.717) is 32.0 Å². The predicted octanol–water partition coefficient (Wildman–Crippen LogP) is 6.87. The van der Waals surface area contributed by atoms with Gasteiger partial charge >= 0.3 is 5.97 Å². The molecule has 1 atom stereocenters. The fraction of sp³-hybridized carbons (Fsp3) is 0.500. The Balaban J connectivity index is 1.32. The van der Waals surface area contributed by atoms with Gasteiger partial charge < -0.3 is 14.6 Å². The Kier molecular flexibility index (Phi) is 8.31. The van der Waals surface area contributed by atoms with Crippen molar-refractivity contribution in [3.05, 3.63) is 76.0 Å². The molecule has 0 radical (unpaired) electrons. The third-order valence-corrected chi connectivity index (χ3v) is 12.5. The van der Waals surface area contributed by atoms with E-state index in [1.807, 2.05) is 36.7 Å². The number of ether oxygens (including phenoxy) is 2. The third-order valence-electron chi connectivity index (χ3n) is 10.6. The monoisotopic (exact) mass is 675 g/mol. The molecule has 0 amide bonds. The minimum absolute atomic E-state index is 0.217. The molecule has 256 valence electrons. The Morgan fingerprint density at radius 1 is 1.10 bits per heavy atom. The summed E-state index contributed by atoms with van der Waals surface area (Å²) in [5.74, 6) is -0.552. The number of aryl methyl sites for hydroxylation is 3. The van der Waals surface area contributed by atoms with E-state index in [2.05, 4.69) is 28.3 Å². The minimum atomic E-state index is -3.48. The van der Waals surface area contributed by atoms with Crippen molar-refractivity contribution in [2.24, 2.45) is 11.3 Å². The highest BCUT2D eigenvalue weighted by atomic mass is 32.3. The summed E-state index contributed by atoms with van der Waals surface area (Å²) in [6.07, 6.45) is 5.20. The van der Waals surface area contributed by atoms with Crippen molar-refractivity contribution in [2.45, 2.75) is 89.8 Å². The molecule has 1 unspecified atom stereocenters. The van der Waals surface area contributed by atoms with E-state index in [1.165, 1.54) is 12.8 Å². The van der Waals surface area contributed by atoms with E-state index >= 15 is 0 Å². The summed E-state index contributed by atoms with van der Waals surface area (Å²) >= 11 is 0. The maximum atomic E-state index is 12.9. The molecule has 1 saturated carbocycles. The fourth-order valence-electron chi connectivity index (χ4n) is 7.41. The maximum absolute atomic E-state index is 12.9. The lowest BCUT2D eigenvalue weighted by atomic mass is 9.69. The highest BCUT2D eigenvalue weighted by Crippen LogP contribution is 2.59. The molecule has 2 aromatic heterocycles. The second-order valence-corrected chi connectivity index (χ2v) is 16.5. The van der Waals surface area contributed by atoms with E-state index in [4.69, 9.17) is 9.47 Å². The molecular formula is C36H45N5O6S. The number of aliphatic carboxylic acids is 1. The molecule has 11 nitrogen and oxygen atoms in total. The molecular weight excluding hydrogens is 630 g/mol. The van der Waals surface area contributed by atoms with Gasteiger partial charge in [0.2, 0.25) is 5.88 Å². The molecule has 1 aliphatic carbocycles. The first-order chi connectivity index (χ1) is 22.8. The highest BCUT2D eigenvalue weighted by molar-refractivity contribution is 8.22. The molecule has 0 bridgehead atoms. The first-order valence-corrected chi connectivity index (χ1v) is 18.2. The van der Waals surface area contributed by atoms with Crippen LogP contribution in [-0.2, 0) is 22.6 Å². The second-order valence-electron chi connectivity index (χ2n) is 14.5. The number of aromatic nitrogens is 4. The molecule has 1 spiro atoms. The van der Waals surface area contributed by atoms with Gasteiger partial charge in [-0.1, -0.05) is 29.5 Å². The van der Waals surface area contributed by atoms with Crippen LogP contribution in [0.4, 0.5) is 0 Å². The zero-order valence-electron chi connectivity index (χ0n) is 28.3. The molecule has 3 N–H and O–H groups in total. The number of nitrogens with zero attached hydrogens (tertiary/aromatic N) is 5. The van der Waals surface area contributed by atoms with Crippen LogP contribution in [0, 0.1) is 32.1 Å². The van der Waals surface area contributed by atoms with Crippen molar-refractivity contribution in [3.8, 4) is 5.88 Å². The van der Waals surface area contributed by atoms with E-state index in [0.717, 1.165) is 51.0 Å². The molecule has 48 heavy (non-hydrogen) atoms. The minimum Gasteiger partial charge on any atom is -0.481 e. The summed E-state index contributed by atoms with van der Waals surface area (Å²) < 4.78 is 39.5. The van der Waals surface area contributed by atoms with E-state index in [-0.39, 0.29) is 23.9 Å². The average molecular weight is 676 g/mol. The van der Waals surface area contributed by atoms with Gasteiger partial charge in [-0.25, -0.2) is 9.67 Å². The lowest BCUT2D eigenvalue weighted by Crippen LogP contribution is -2.49. The summed E-state index contributed by atoms with van der Waals surface area (Å²) in [6.45, 7) is 11.9. The van der Waals surface area contributed by atoms with Gasteiger partial charge in [0.15, 0.2) is 0 Å². The molecule has 4 heterocycles. The van der Waals surface area contributed by atoms with Crippen LogP contribution in [0.3, 0.4) is 0 Å². The Morgan fingerprint density at radius 3 is 2.56 bits per heavy atom. The second kappa shape index (κ2) is 12.1. The fourth-order valence-corrected chi connectivity index (χ4v) is 9.02. The van der Waals surface area contributed by atoms with Crippen molar-refractivity contribution in [3.63, 3.8) is 0 Å². The first-order valence-electron chi connectivity index (χ1n) is 16.7. The number of rotatable bonds is 8. The number of carboxylic acids is 1. The van der Waals surface area contributed by atoms with Gasteiger partial charge in [-0.3, -0.25) is 13.9 Å². The molecule has 2 fully saturated rings. The van der Waals surface area contributed by atoms with Crippen LogP contribution in [0.25, 0.3) is 11.0 Å². The number of benzene rings is 2. The summed E-state index contributed by atoms with van der Waals surface area (Å²) in [4.78, 5) is 17.6. The van der Waals surface area contributed by atoms with E-state index < -0.39 is 33.7 Å². The maximum Gasteiger partial charge on any atom is 0.310 e. The van der Waals surface area contributed by atoms with Crippen molar-refractivity contribution in [1.29, 1.82) is 0 Å². The first kappa shape index (κ1) is 33.0. The van der Waals surface area contributed by atoms with Crippen LogP contribution >= 0.6 is 10.8 Å².